The van der Waals surface area contributed by atoms with E-state index in [0.29, 0.717) is 3.92 Å². The Labute approximate surface area is 94.9 Å². The van der Waals surface area contributed by atoms with Gasteiger partial charge in [0.1, 0.15) is 0 Å². The first kappa shape index (κ1) is 11.0. The molecule has 1 heteroatoms. The quantitative estimate of drug-likeness (QED) is 0.572. The molecule has 0 saturated heterocycles. The molecule has 0 aliphatic rings. The van der Waals surface area contributed by atoms with E-state index >= 15 is 0 Å². The fourth-order valence-corrected chi connectivity index (χ4v) is 1.81. The molecule has 0 fully saturated rings. The van der Waals surface area contributed by atoms with Gasteiger partial charge in [0.25, 0.3) is 0 Å². The van der Waals surface area contributed by atoms with E-state index in [9.17, 15) is 0 Å². The van der Waals surface area contributed by atoms with Crippen LogP contribution < -0.4 is 0 Å². The molecule has 0 unspecified atom stereocenters. The van der Waals surface area contributed by atoms with Gasteiger partial charge in [-0.1, -0.05) is 60.7 Å². The molecule has 0 bridgehead atoms. The van der Waals surface area contributed by atoms with E-state index < -0.39 is 0 Å². The molecule has 0 heterocycles. The summed E-state index contributed by atoms with van der Waals surface area (Å²) in [4.78, 5) is 0. The van der Waals surface area contributed by atoms with Crippen LogP contribution in [0.2, 0.25) is 0 Å². The molecule has 13 heavy (non-hydrogen) atoms. The number of hydrogen-bond acceptors (Lipinski definition) is 0. The number of halogens is 1. The molecule has 0 aliphatic heterocycles. The molecule has 1 aromatic carbocycles. The molecule has 1 aromatic rings. The van der Waals surface area contributed by atoms with Crippen LogP contribution in [0.15, 0.2) is 24.3 Å². The van der Waals surface area contributed by atoms with E-state index in [0.717, 1.165) is 5.92 Å². The molecule has 72 valence electrons. The van der Waals surface area contributed by atoms with Gasteiger partial charge >= 0.3 is 0 Å². The second-order valence-corrected chi connectivity index (χ2v) is 5.82. The summed E-state index contributed by atoms with van der Waals surface area (Å²) in [5.74, 6) is 0.753. The smallest absolute Gasteiger partial charge is 0.0331 e. The standard InChI is InChI=1S/C12H17I/c1-9(2)8-11-4-6-12(7-5-11)10(3)13/h4-7,9-10H,8H2,1-3H3/t10-/m0/s1. The van der Waals surface area contributed by atoms with Gasteiger partial charge in [-0.15, -0.1) is 0 Å². The largest absolute Gasteiger partial charge is 0.0777 e. The predicted molar refractivity (Wildman–Crippen MR) is 67.4 cm³/mol. The van der Waals surface area contributed by atoms with Gasteiger partial charge in [0.2, 0.25) is 0 Å². The predicted octanol–water partition coefficient (Wildman–Crippen LogP) is 4.38. The van der Waals surface area contributed by atoms with Gasteiger partial charge in [0.05, 0.1) is 0 Å². The Bertz CT molecular complexity index is 246. The molecule has 1 rings (SSSR count). The minimum absolute atomic E-state index is 0.616. The van der Waals surface area contributed by atoms with Gasteiger partial charge in [-0.25, -0.2) is 0 Å². The lowest BCUT2D eigenvalue weighted by Crippen LogP contribution is -1.94. The Morgan fingerprint density at radius 3 is 2.00 bits per heavy atom. The molecular weight excluding hydrogens is 271 g/mol. The SMILES string of the molecule is CC(C)Cc1ccc([C@H](C)I)cc1. The van der Waals surface area contributed by atoms with E-state index in [2.05, 4.69) is 67.6 Å². The Hall–Kier alpha value is -0.0500. The summed E-state index contributed by atoms with van der Waals surface area (Å²) in [5, 5.41) is 0. The first-order valence-electron chi connectivity index (χ1n) is 4.82. The monoisotopic (exact) mass is 288 g/mol. The van der Waals surface area contributed by atoms with Crippen molar-refractivity contribution >= 4 is 22.6 Å². The zero-order chi connectivity index (χ0) is 9.84. The maximum atomic E-state index is 2.45. The average Bonchev–Trinajstić information content (AvgIpc) is 2.04. The molecular formula is C12H17I. The highest BCUT2D eigenvalue weighted by atomic mass is 127. The fourth-order valence-electron chi connectivity index (χ4n) is 1.39. The minimum Gasteiger partial charge on any atom is -0.0777 e. The third kappa shape index (κ3) is 3.67. The number of rotatable bonds is 3. The van der Waals surface area contributed by atoms with Crippen LogP contribution in [0.5, 0.6) is 0 Å². The van der Waals surface area contributed by atoms with Crippen molar-refractivity contribution in [2.24, 2.45) is 5.92 Å². The van der Waals surface area contributed by atoms with Crippen LogP contribution in [0, 0.1) is 5.92 Å². The van der Waals surface area contributed by atoms with Crippen molar-refractivity contribution in [2.75, 3.05) is 0 Å². The van der Waals surface area contributed by atoms with Crippen molar-refractivity contribution in [3.8, 4) is 0 Å². The van der Waals surface area contributed by atoms with Crippen LogP contribution in [0.1, 0.15) is 35.8 Å². The molecule has 0 spiro atoms. The van der Waals surface area contributed by atoms with E-state index in [4.69, 9.17) is 0 Å². The summed E-state index contributed by atoms with van der Waals surface area (Å²) >= 11 is 2.45. The highest BCUT2D eigenvalue weighted by molar-refractivity contribution is 14.1. The zero-order valence-corrected chi connectivity index (χ0v) is 10.7. The zero-order valence-electron chi connectivity index (χ0n) is 8.55. The number of hydrogen-bond donors (Lipinski definition) is 0. The lowest BCUT2D eigenvalue weighted by atomic mass is 10.0. The van der Waals surface area contributed by atoms with Crippen molar-refractivity contribution in [1.82, 2.24) is 0 Å². The van der Waals surface area contributed by atoms with E-state index in [1.165, 1.54) is 17.5 Å². The number of benzene rings is 1. The van der Waals surface area contributed by atoms with Crippen LogP contribution >= 0.6 is 22.6 Å². The molecule has 0 nitrogen and oxygen atoms in total. The Balaban J connectivity index is 2.70. The van der Waals surface area contributed by atoms with Crippen molar-refractivity contribution in [2.45, 2.75) is 31.1 Å². The van der Waals surface area contributed by atoms with Gasteiger partial charge in [0, 0.05) is 3.92 Å². The van der Waals surface area contributed by atoms with Crippen molar-refractivity contribution in [3.05, 3.63) is 35.4 Å². The molecule has 0 amide bonds. The Morgan fingerprint density at radius 2 is 1.62 bits per heavy atom. The molecule has 0 aromatic heterocycles. The molecule has 0 saturated carbocycles. The molecule has 0 aliphatic carbocycles. The summed E-state index contributed by atoms with van der Waals surface area (Å²) in [6, 6.07) is 9.00. The van der Waals surface area contributed by atoms with Gasteiger partial charge in [-0.3, -0.25) is 0 Å². The second kappa shape index (κ2) is 4.99. The Morgan fingerprint density at radius 1 is 1.08 bits per heavy atom. The first-order valence-corrected chi connectivity index (χ1v) is 6.07. The molecule has 1 atom stereocenters. The second-order valence-electron chi connectivity index (χ2n) is 3.96. The van der Waals surface area contributed by atoms with Crippen LogP contribution in [-0.2, 0) is 6.42 Å². The first-order chi connectivity index (χ1) is 6.09. The van der Waals surface area contributed by atoms with Crippen LogP contribution in [0.25, 0.3) is 0 Å². The Kier molecular flexibility index (Phi) is 4.23. The lowest BCUT2D eigenvalue weighted by Gasteiger charge is -2.07. The third-order valence-corrected chi connectivity index (χ3v) is 2.80. The highest BCUT2D eigenvalue weighted by Gasteiger charge is 2.01. The highest BCUT2D eigenvalue weighted by Crippen LogP contribution is 2.22. The third-order valence-electron chi connectivity index (χ3n) is 2.08. The minimum atomic E-state index is 0.616. The molecule has 0 radical (unpaired) electrons. The summed E-state index contributed by atoms with van der Waals surface area (Å²) < 4.78 is 0.616. The molecule has 0 N–H and O–H groups in total. The topological polar surface area (TPSA) is 0 Å². The summed E-state index contributed by atoms with van der Waals surface area (Å²) in [5.41, 5.74) is 2.88. The van der Waals surface area contributed by atoms with E-state index in [-0.39, 0.29) is 0 Å². The van der Waals surface area contributed by atoms with Gasteiger partial charge in [0.15, 0.2) is 0 Å². The van der Waals surface area contributed by atoms with Crippen LogP contribution in [0.3, 0.4) is 0 Å². The normalized spacial score (nSPS) is 13.3. The van der Waals surface area contributed by atoms with E-state index in [1.807, 2.05) is 0 Å². The summed E-state index contributed by atoms with van der Waals surface area (Å²) in [6.45, 7) is 6.74. The summed E-state index contributed by atoms with van der Waals surface area (Å²) in [7, 11) is 0. The van der Waals surface area contributed by atoms with Crippen LogP contribution in [0.4, 0.5) is 0 Å². The maximum Gasteiger partial charge on any atom is 0.0331 e. The summed E-state index contributed by atoms with van der Waals surface area (Å²) in [6.07, 6.45) is 1.19. The van der Waals surface area contributed by atoms with Crippen molar-refractivity contribution in [3.63, 3.8) is 0 Å². The van der Waals surface area contributed by atoms with Crippen LogP contribution in [-0.4, -0.2) is 0 Å². The van der Waals surface area contributed by atoms with Crippen molar-refractivity contribution in [1.29, 1.82) is 0 Å². The fraction of sp³-hybridized carbons (Fsp3) is 0.500. The maximum absolute atomic E-state index is 2.45. The van der Waals surface area contributed by atoms with Gasteiger partial charge in [-0.05, 0) is 30.4 Å². The van der Waals surface area contributed by atoms with Crippen molar-refractivity contribution < 1.29 is 0 Å². The number of alkyl halides is 1. The van der Waals surface area contributed by atoms with Gasteiger partial charge < -0.3 is 0 Å². The average molecular weight is 288 g/mol. The van der Waals surface area contributed by atoms with E-state index in [1.54, 1.807) is 0 Å². The lowest BCUT2D eigenvalue weighted by molar-refractivity contribution is 0.647. The van der Waals surface area contributed by atoms with Gasteiger partial charge in [-0.2, -0.15) is 0 Å².